The third kappa shape index (κ3) is 5.21. The molecule has 0 saturated carbocycles. The van der Waals surface area contributed by atoms with Crippen molar-refractivity contribution >= 4 is 5.91 Å². The summed E-state index contributed by atoms with van der Waals surface area (Å²) in [5.74, 6) is -0.191. The average molecular weight is 344 g/mol. The summed E-state index contributed by atoms with van der Waals surface area (Å²) < 4.78 is 42.9. The first-order valence-electron chi connectivity index (χ1n) is 7.97. The van der Waals surface area contributed by atoms with Gasteiger partial charge in [-0.25, -0.2) is 0 Å². The van der Waals surface area contributed by atoms with Crippen LogP contribution in [-0.4, -0.2) is 39.3 Å². The second kappa shape index (κ2) is 7.98. The Morgan fingerprint density at radius 3 is 2.42 bits per heavy atom. The zero-order chi connectivity index (χ0) is 17.6. The van der Waals surface area contributed by atoms with Crippen molar-refractivity contribution in [3.8, 4) is 0 Å². The van der Waals surface area contributed by atoms with Gasteiger partial charge in [-0.15, -0.1) is 0 Å². The molecule has 24 heavy (non-hydrogen) atoms. The molecule has 0 bridgehead atoms. The number of halogens is 3. The number of carbonyl (C=O) groups is 1. The van der Waals surface area contributed by atoms with Crippen LogP contribution < -0.4 is 10.6 Å². The van der Waals surface area contributed by atoms with Gasteiger partial charge in [-0.1, -0.05) is 12.1 Å². The van der Waals surface area contributed by atoms with Crippen LogP contribution >= 0.6 is 0 Å². The fourth-order valence-corrected chi connectivity index (χ4v) is 2.98. The third-order valence-electron chi connectivity index (χ3n) is 4.42. The van der Waals surface area contributed by atoms with Crippen LogP contribution in [0.25, 0.3) is 0 Å². The zero-order valence-electron chi connectivity index (χ0n) is 13.7. The number of rotatable bonds is 6. The van der Waals surface area contributed by atoms with E-state index in [1.807, 2.05) is 0 Å². The van der Waals surface area contributed by atoms with E-state index in [0.717, 1.165) is 38.1 Å². The number of piperidine rings is 1. The molecule has 1 heterocycles. The first-order valence-corrected chi connectivity index (χ1v) is 7.97. The number of benzene rings is 1. The summed E-state index contributed by atoms with van der Waals surface area (Å²) in [5, 5.41) is 6.19. The van der Waals surface area contributed by atoms with Gasteiger partial charge in [0.2, 0.25) is 5.91 Å². The minimum Gasteiger partial charge on any atom is -0.384 e. The standard InChI is InChI=1S/C17H23F3N2O2/c1-24-12-16(6-8-21-9-7-16)11-22-15(23)10-13-2-4-14(5-3-13)17(18,19)20/h2-5,21H,6-12H2,1H3,(H,22,23). The molecule has 2 rings (SSSR count). The largest absolute Gasteiger partial charge is 0.416 e. The van der Waals surface area contributed by atoms with Crippen molar-refractivity contribution in [1.82, 2.24) is 10.6 Å². The van der Waals surface area contributed by atoms with E-state index < -0.39 is 11.7 Å². The predicted molar refractivity (Wildman–Crippen MR) is 84.6 cm³/mol. The molecule has 0 aliphatic carbocycles. The molecular weight excluding hydrogens is 321 g/mol. The van der Waals surface area contributed by atoms with Gasteiger partial charge < -0.3 is 15.4 Å². The van der Waals surface area contributed by atoms with Gasteiger partial charge in [0.05, 0.1) is 18.6 Å². The summed E-state index contributed by atoms with van der Waals surface area (Å²) in [7, 11) is 1.65. The summed E-state index contributed by atoms with van der Waals surface area (Å²) in [6.07, 6.45) is -2.45. The van der Waals surface area contributed by atoms with Crippen LogP contribution in [0.5, 0.6) is 0 Å². The van der Waals surface area contributed by atoms with E-state index >= 15 is 0 Å². The average Bonchev–Trinajstić information content (AvgIpc) is 2.54. The molecule has 1 aromatic rings. The van der Waals surface area contributed by atoms with Crippen LogP contribution in [0.1, 0.15) is 24.0 Å². The Hall–Kier alpha value is -1.60. The van der Waals surface area contributed by atoms with Crippen molar-refractivity contribution in [2.45, 2.75) is 25.4 Å². The van der Waals surface area contributed by atoms with Crippen molar-refractivity contribution in [3.05, 3.63) is 35.4 Å². The Morgan fingerprint density at radius 1 is 1.25 bits per heavy atom. The Bertz CT molecular complexity index is 532. The molecule has 1 aliphatic rings. The summed E-state index contributed by atoms with van der Waals surface area (Å²) >= 11 is 0. The van der Waals surface area contributed by atoms with Crippen LogP contribution in [-0.2, 0) is 22.1 Å². The second-order valence-electron chi connectivity index (χ2n) is 6.33. The van der Waals surface area contributed by atoms with Gasteiger partial charge in [0.15, 0.2) is 0 Å². The molecule has 1 fully saturated rings. The van der Waals surface area contributed by atoms with Crippen molar-refractivity contribution in [2.24, 2.45) is 5.41 Å². The Labute approximate surface area is 139 Å². The molecule has 0 atom stereocenters. The molecular formula is C17H23F3N2O2. The van der Waals surface area contributed by atoms with E-state index in [0.29, 0.717) is 18.7 Å². The molecule has 0 aromatic heterocycles. The van der Waals surface area contributed by atoms with Crippen LogP contribution in [0.4, 0.5) is 13.2 Å². The second-order valence-corrected chi connectivity index (χ2v) is 6.33. The fraction of sp³-hybridized carbons (Fsp3) is 0.588. The van der Waals surface area contributed by atoms with Crippen molar-refractivity contribution in [3.63, 3.8) is 0 Å². The fourth-order valence-electron chi connectivity index (χ4n) is 2.98. The zero-order valence-corrected chi connectivity index (χ0v) is 13.7. The summed E-state index contributed by atoms with van der Waals surface area (Å²) in [6.45, 7) is 2.87. The lowest BCUT2D eigenvalue weighted by Gasteiger charge is -2.37. The van der Waals surface area contributed by atoms with Crippen LogP contribution in [0, 0.1) is 5.41 Å². The lowest BCUT2D eigenvalue weighted by atomic mass is 9.79. The van der Waals surface area contributed by atoms with Gasteiger partial charge in [0.1, 0.15) is 0 Å². The van der Waals surface area contributed by atoms with E-state index in [2.05, 4.69) is 10.6 Å². The normalized spacial score (nSPS) is 17.5. The molecule has 1 saturated heterocycles. The Balaban J connectivity index is 1.88. The van der Waals surface area contributed by atoms with Gasteiger partial charge >= 0.3 is 6.18 Å². The summed E-state index contributed by atoms with van der Waals surface area (Å²) in [5.41, 5.74) is -0.220. The van der Waals surface area contributed by atoms with Crippen molar-refractivity contribution in [1.29, 1.82) is 0 Å². The van der Waals surface area contributed by atoms with E-state index in [4.69, 9.17) is 4.74 Å². The minimum absolute atomic E-state index is 0.0689. The summed E-state index contributed by atoms with van der Waals surface area (Å²) in [4.78, 5) is 12.1. The van der Waals surface area contributed by atoms with Gasteiger partial charge in [-0.2, -0.15) is 13.2 Å². The molecule has 2 N–H and O–H groups in total. The topological polar surface area (TPSA) is 50.4 Å². The maximum absolute atomic E-state index is 12.5. The number of methoxy groups -OCH3 is 1. The highest BCUT2D eigenvalue weighted by Crippen LogP contribution is 2.29. The molecule has 4 nitrogen and oxygen atoms in total. The molecule has 134 valence electrons. The van der Waals surface area contributed by atoms with Gasteiger partial charge in [0, 0.05) is 19.1 Å². The van der Waals surface area contributed by atoms with Crippen LogP contribution in [0.15, 0.2) is 24.3 Å². The number of hydrogen-bond acceptors (Lipinski definition) is 3. The monoisotopic (exact) mass is 344 g/mol. The van der Waals surface area contributed by atoms with Gasteiger partial charge in [-0.05, 0) is 43.6 Å². The molecule has 0 unspecified atom stereocenters. The Morgan fingerprint density at radius 2 is 1.88 bits per heavy atom. The number of amides is 1. The number of carbonyl (C=O) groups excluding carboxylic acids is 1. The quantitative estimate of drug-likeness (QED) is 0.833. The SMILES string of the molecule is COCC1(CNC(=O)Cc2ccc(C(F)(F)F)cc2)CCNCC1. The summed E-state index contributed by atoms with van der Waals surface area (Å²) in [6, 6.07) is 4.69. The third-order valence-corrected chi connectivity index (χ3v) is 4.42. The molecule has 0 radical (unpaired) electrons. The van der Waals surface area contributed by atoms with Crippen molar-refractivity contribution in [2.75, 3.05) is 33.4 Å². The molecule has 1 aromatic carbocycles. The lowest BCUT2D eigenvalue weighted by molar-refractivity contribution is -0.137. The lowest BCUT2D eigenvalue weighted by Crippen LogP contribution is -2.47. The number of alkyl halides is 3. The number of nitrogens with one attached hydrogen (secondary N) is 2. The molecule has 7 heteroatoms. The first kappa shape index (κ1) is 18.7. The minimum atomic E-state index is -4.36. The highest BCUT2D eigenvalue weighted by atomic mass is 19.4. The van der Waals surface area contributed by atoms with E-state index in [9.17, 15) is 18.0 Å². The van der Waals surface area contributed by atoms with Crippen LogP contribution in [0.2, 0.25) is 0 Å². The number of ether oxygens (including phenoxy) is 1. The Kier molecular flexibility index (Phi) is 6.23. The van der Waals surface area contributed by atoms with E-state index in [1.165, 1.54) is 12.1 Å². The van der Waals surface area contributed by atoms with Gasteiger partial charge in [0.25, 0.3) is 0 Å². The van der Waals surface area contributed by atoms with E-state index in [1.54, 1.807) is 7.11 Å². The maximum Gasteiger partial charge on any atom is 0.416 e. The molecule has 1 aliphatic heterocycles. The number of hydrogen-bond donors (Lipinski definition) is 2. The molecule has 1 amide bonds. The first-order chi connectivity index (χ1) is 11.3. The van der Waals surface area contributed by atoms with Gasteiger partial charge in [-0.3, -0.25) is 4.79 Å². The highest BCUT2D eigenvalue weighted by Gasteiger charge is 2.32. The molecule has 0 spiro atoms. The van der Waals surface area contributed by atoms with E-state index in [-0.39, 0.29) is 17.7 Å². The highest BCUT2D eigenvalue weighted by molar-refractivity contribution is 5.78. The maximum atomic E-state index is 12.5. The smallest absolute Gasteiger partial charge is 0.384 e. The van der Waals surface area contributed by atoms with Crippen molar-refractivity contribution < 1.29 is 22.7 Å². The predicted octanol–water partition coefficient (Wildman–Crippen LogP) is 2.38. The van der Waals surface area contributed by atoms with Crippen LogP contribution in [0.3, 0.4) is 0 Å².